The van der Waals surface area contributed by atoms with Crippen LogP contribution in [0.2, 0.25) is 0 Å². The molecule has 4 nitrogen and oxygen atoms in total. The molecule has 1 aromatic heterocycles. The molecule has 0 unspecified atom stereocenters. The molecule has 6 heteroatoms. The Morgan fingerprint density at radius 1 is 1.26 bits per heavy atom. The van der Waals surface area contributed by atoms with Crippen LogP contribution in [0.5, 0.6) is 0 Å². The summed E-state index contributed by atoms with van der Waals surface area (Å²) in [7, 11) is 0. The number of hydrogen-bond acceptors (Lipinski definition) is 2. The Hall–Kier alpha value is -1.95. The summed E-state index contributed by atoms with van der Waals surface area (Å²) < 4.78 is 13.5. The Kier molecular flexibility index (Phi) is 4.11. The molecule has 0 aliphatic carbocycles. The molecule has 2 aromatic rings. The zero-order chi connectivity index (χ0) is 13.8. The third kappa shape index (κ3) is 3.51. The number of Topliss-reactive ketones (excluding diaryl/α,β-unsaturated/α-hetero) is 1. The van der Waals surface area contributed by atoms with Gasteiger partial charge in [-0.1, -0.05) is 0 Å². The Balaban J connectivity index is 1.93. The van der Waals surface area contributed by atoms with E-state index in [2.05, 4.69) is 26.2 Å². The highest BCUT2D eigenvalue weighted by atomic mass is 79.9. The highest BCUT2D eigenvalue weighted by molar-refractivity contribution is 9.10. The molecule has 0 spiro atoms. The van der Waals surface area contributed by atoms with Gasteiger partial charge in [-0.2, -0.15) is 0 Å². The second-order valence-corrected chi connectivity index (χ2v) is 4.76. The highest BCUT2D eigenvalue weighted by Crippen LogP contribution is 2.10. The van der Waals surface area contributed by atoms with Gasteiger partial charge in [-0.3, -0.25) is 9.59 Å². The Bertz CT molecular complexity index is 607. The highest BCUT2D eigenvalue weighted by Gasteiger charge is 2.11. The molecular formula is C13H10BrFN2O2. The molecule has 0 saturated heterocycles. The lowest BCUT2D eigenvalue weighted by atomic mass is 10.1. The number of aromatic nitrogens is 1. The minimum Gasteiger partial charge on any atom is -0.356 e. The van der Waals surface area contributed by atoms with Crippen LogP contribution in [-0.4, -0.2) is 23.2 Å². The summed E-state index contributed by atoms with van der Waals surface area (Å²) in [5.74, 6) is -1.06. The molecule has 1 amide bonds. The number of rotatable bonds is 4. The maximum atomic E-state index is 12.7. The predicted octanol–water partition coefficient (Wildman–Crippen LogP) is 2.53. The molecular weight excluding hydrogens is 315 g/mol. The van der Waals surface area contributed by atoms with Crippen molar-refractivity contribution >= 4 is 27.6 Å². The molecule has 1 heterocycles. The minimum absolute atomic E-state index is 0.138. The van der Waals surface area contributed by atoms with Crippen molar-refractivity contribution in [1.82, 2.24) is 10.3 Å². The van der Waals surface area contributed by atoms with Gasteiger partial charge >= 0.3 is 0 Å². The molecule has 19 heavy (non-hydrogen) atoms. The lowest BCUT2D eigenvalue weighted by Crippen LogP contribution is -2.29. The van der Waals surface area contributed by atoms with Crippen LogP contribution in [-0.2, 0) is 0 Å². The number of ketones is 1. The zero-order valence-corrected chi connectivity index (χ0v) is 11.3. The normalized spacial score (nSPS) is 10.2. The van der Waals surface area contributed by atoms with Crippen molar-refractivity contribution in [3.05, 3.63) is 58.1 Å². The number of aromatic amines is 1. The van der Waals surface area contributed by atoms with E-state index in [1.165, 1.54) is 24.3 Å². The fraction of sp³-hybridized carbons (Fsp3) is 0.0769. The van der Waals surface area contributed by atoms with Crippen molar-refractivity contribution in [2.24, 2.45) is 0 Å². The average Bonchev–Trinajstić information content (AvgIpc) is 2.83. The Morgan fingerprint density at radius 2 is 1.95 bits per heavy atom. The third-order valence-electron chi connectivity index (χ3n) is 2.47. The topological polar surface area (TPSA) is 62.0 Å². The third-order valence-corrected chi connectivity index (χ3v) is 2.93. The van der Waals surface area contributed by atoms with Gasteiger partial charge in [-0.25, -0.2) is 4.39 Å². The molecule has 0 atom stereocenters. The van der Waals surface area contributed by atoms with Crippen molar-refractivity contribution in [1.29, 1.82) is 0 Å². The molecule has 2 N–H and O–H groups in total. The molecule has 1 aromatic carbocycles. The van der Waals surface area contributed by atoms with Crippen LogP contribution >= 0.6 is 15.9 Å². The number of nitrogens with one attached hydrogen (secondary N) is 2. The molecule has 0 fully saturated rings. The average molecular weight is 325 g/mol. The molecule has 98 valence electrons. The monoisotopic (exact) mass is 324 g/mol. The van der Waals surface area contributed by atoms with Crippen molar-refractivity contribution in [2.45, 2.75) is 0 Å². The summed E-state index contributed by atoms with van der Waals surface area (Å²) in [6.45, 7) is -0.138. The number of benzene rings is 1. The number of carbonyl (C=O) groups is 2. The van der Waals surface area contributed by atoms with Crippen LogP contribution in [0.1, 0.15) is 20.8 Å². The Morgan fingerprint density at radius 3 is 2.53 bits per heavy atom. The quantitative estimate of drug-likeness (QED) is 0.849. The summed E-state index contributed by atoms with van der Waals surface area (Å²) in [5, 5.41) is 2.49. The SMILES string of the molecule is O=C(CNC(=O)c1cc(Br)c[nH]1)c1ccc(F)cc1. The first kappa shape index (κ1) is 13.5. The van der Waals surface area contributed by atoms with Gasteiger partial charge in [-0.15, -0.1) is 0 Å². The second kappa shape index (κ2) is 5.79. The lowest BCUT2D eigenvalue weighted by Gasteiger charge is -2.03. The van der Waals surface area contributed by atoms with Crippen LogP contribution in [0.3, 0.4) is 0 Å². The van der Waals surface area contributed by atoms with Crippen LogP contribution in [0.4, 0.5) is 4.39 Å². The van der Waals surface area contributed by atoms with Gasteiger partial charge in [0.25, 0.3) is 5.91 Å². The summed E-state index contributed by atoms with van der Waals surface area (Å²) in [6, 6.07) is 6.79. The van der Waals surface area contributed by atoms with E-state index in [0.717, 1.165) is 4.47 Å². The number of H-pyrrole nitrogens is 1. The number of halogens is 2. The van der Waals surface area contributed by atoms with Gasteiger partial charge < -0.3 is 10.3 Å². The van der Waals surface area contributed by atoms with Crippen LogP contribution < -0.4 is 5.32 Å². The second-order valence-electron chi connectivity index (χ2n) is 3.84. The van der Waals surface area contributed by atoms with E-state index in [1.54, 1.807) is 12.3 Å². The van der Waals surface area contributed by atoms with E-state index >= 15 is 0 Å². The largest absolute Gasteiger partial charge is 0.356 e. The van der Waals surface area contributed by atoms with Gasteiger partial charge in [-0.05, 0) is 46.3 Å². The van der Waals surface area contributed by atoms with E-state index in [1.807, 2.05) is 0 Å². The molecule has 0 aliphatic rings. The van der Waals surface area contributed by atoms with E-state index in [-0.39, 0.29) is 18.2 Å². The zero-order valence-electron chi connectivity index (χ0n) is 9.74. The van der Waals surface area contributed by atoms with Crippen LogP contribution in [0.25, 0.3) is 0 Å². The summed E-state index contributed by atoms with van der Waals surface area (Å²) in [4.78, 5) is 26.2. The smallest absolute Gasteiger partial charge is 0.268 e. The first-order chi connectivity index (χ1) is 9.06. The maximum Gasteiger partial charge on any atom is 0.268 e. The number of carbonyl (C=O) groups excluding carboxylic acids is 2. The standard InChI is InChI=1S/C13H10BrFN2O2/c14-9-5-11(16-6-9)13(19)17-7-12(18)8-1-3-10(15)4-2-8/h1-6,16H,7H2,(H,17,19). The Labute approximate surface area is 117 Å². The van der Waals surface area contributed by atoms with Crippen molar-refractivity contribution in [2.75, 3.05) is 6.54 Å². The van der Waals surface area contributed by atoms with Crippen molar-refractivity contribution in [3.8, 4) is 0 Å². The van der Waals surface area contributed by atoms with E-state index in [4.69, 9.17) is 0 Å². The fourth-order valence-corrected chi connectivity index (χ4v) is 1.84. The number of hydrogen-bond donors (Lipinski definition) is 2. The number of amides is 1. The van der Waals surface area contributed by atoms with E-state index < -0.39 is 5.82 Å². The van der Waals surface area contributed by atoms with Crippen molar-refractivity contribution < 1.29 is 14.0 Å². The van der Waals surface area contributed by atoms with E-state index in [9.17, 15) is 14.0 Å². The van der Waals surface area contributed by atoms with Crippen LogP contribution in [0.15, 0.2) is 41.0 Å². The molecule has 0 aliphatic heterocycles. The minimum atomic E-state index is -0.406. The van der Waals surface area contributed by atoms with Gasteiger partial charge in [0, 0.05) is 16.2 Å². The van der Waals surface area contributed by atoms with Gasteiger partial charge in [0.2, 0.25) is 0 Å². The lowest BCUT2D eigenvalue weighted by molar-refractivity contribution is 0.0901. The summed E-state index contributed by atoms with van der Waals surface area (Å²) in [5.41, 5.74) is 0.716. The maximum absolute atomic E-state index is 12.7. The predicted molar refractivity (Wildman–Crippen MR) is 71.6 cm³/mol. The van der Waals surface area contributed by atoms with Crippen molar-refractivity contribution in [3.63, 3.8) is 0 Å². The summed E-state index contributed by atoms with van der Waals surface area (Å²) in [6.07, 6.45) is 1.62. The van der Waals surface area contributed by atoms with Gasteiger partial charge in [0.1, 0.15) is 11.5 Å². The van der Waals surface area contributed by atoms with Gasteiger partial charge in [0.15, 0.2) is 5.78 Å². The molecule has 0 bridgehead atoms. The first-order valence-corrected chi connectivity index (χ1v) is 6.26. The fourth-order valence-electron chi connectivity index (χ4n) is 1.49. The molecule has 0 saturated carbocycles. The first-order valence-electron chi connectivity index (χ1n) is 5.47. The molecule has 0 radical (unpaired) electrons. The van der Waals surface area contributed by atoms with Crippen LogP contribution in [0, 0.1) is 5.82 Å². The summed E-state index contributed by atoms with van der Waals surface area (Å²) >= 11 is 3.21. The molecule has 2 rings (SSSR count). The van der Waals surface area contributed by atoms with E-state index in [0.29, 0.717) is 11.3 Å². The van der Waals surface area contributed by atoms with Gasteiger partial charge in [0.05, 0.1) is 6.54 Å².